The lowest BCUT2D eigenvalue weighted by atomic mass is 10.1. The van der Waals surface area contributed by atoms with Gasteiger partial charge in [0.25, 0.3) is 0 Å². The van der Waals surface area contributed by atoms with Crippen LogP contribution in [0.4, 0.5) is 17.1 Å². The highest BCUT2D eigenvalue weighted by atomic mass is 16.2. The van der Waals surface area contributed by atoms with Gasteiger partial charge >= 0.3 is 0 Å². The number of hydrogen-bond acceptors (Lipinski definition) is 3. The zero-order valence-electron chi connectivity index (χ0n) is 15.5. The van der Waals surface area contributed by atoms with E-state index in [0.717, 1.165) is 41.2 Å². The molecule has 5 heteroatoms. The molecule has 2 amide bonds. The number of anilines is 3. The molecule has 3 rings (SSSR count). The maximum atomic E-state index is 12.5. The summed E-state index contributed by atoms with van der Waals surface area (Å²) in [5.41, 5.74) is 4.72. The molecule has 2 N–H and O–H groups in total. The second kappa shape index (κ2) is 7.60. The van der Waals surface area contributed by atoms with Crippen LogP contribution in [-0.2, 0) is 9.59 Å². The molecule has 1 aliphatic heterocycles. The Labute approximate surface area is 154 Å². The van der Waals surface area contributed by atoms with E-state index in [2.05, 4.69) is 10.6 Å². The van der Waals surface area contributed by atoms with E-state index in [1.165, 1.54) is 0 Å². The molecule has 5 nitrogen and oxygen atoms in total. The van der Waals surface area contributed by atoms with Crippen LogP contribution in [0, 0.1) is 13.8 Å². The molecule has 1 heterocycles. The van der Waals surface area contributed by atoms with Gasteiger partial charge in [0, 0.05) is 30.0 Å². The van der Waals surface area contributed by atoms with Crippen molar-refractivity contribution < 1.29 is 9.59 Å². The van der Waals surface area contributed by atoms with Crippen molar-refractivity contribution in [3.05, 3.63) is 53.6 Å². The quantitative estimate of drug-likeness (QED) is 0.860. The van der Waals surface area contributed by atoms with Crippen molar-refractivity contribution in [2.75, 3.05) is 22.1 Å². The topological polar surface area (TPSA) is 61.4 Å². The molecule has 0 radical (unpaired) electrons. The van der Waals surface area contributed by atoms with Crippen molar-refractivity contribution in [3.63, 3.8) is 0 Å². The average molecular weight is 351 g/mol. The molecule has 2 aromatic carbocycles. The number of carbonyl (C=O) groups is 2. The van der Waals surface area contributed by atoms with Crippen LogP contribution in [0.3, 0.4) is 0 Å². The lowest BCUT2D eigenvalue weighted by Crippen LogP contribution is -2.32. The number of nitrogens with zero attached hydrogens (tertiary/aromatic N) is 1. The Balaban J connectivity index is 1.63. The van der Waals surface area contributed by atoms with Gasteiger partial charge in [-0.1, -0.05) is 18.2 Å². The Kier molecular flexibility index (Phi) is 5.26. The summed E-state index contributed by atoms with van der Waals surface area (Å²) in [6.07, 6.45) is 1.53. The van der Waals surface area contributed by atoms with E-state index in [4.69, 9.17) is 0 Å². The van der Waals surface area contributed by atoms with Gasteiger partial charge < -0.3 is 15.5 Å². The van der Waals surface area contributed by atoms with E-state index in [1.54, 1.807) is 4.90 Å². The van der Waals surface area contributed by atoms with Crippen LogP contribution < -0.4 is 15.5 Å². The van der Waals surface area contributed by atoms with E-state index in [9.17, 15) is 9.59 Å². The van der Waals surface area contributed by atoms with Crippen molar-refractivity contribution >= 4 is 28.9 Å². The summed E-state index contributed by atoms with van der Waals surface area (Å²) >= 11 is 0. The van der Waals surface area contributed by atoms with Crippen molar-refractivity contribution in [2.24, 2.45) is 0 Å². The van der Waals surface area contributed by atoms with Gasteiger partial charge in [0.05, 0.1) is 0 Å². The van der Waals surface area contributed by atoms with Crippen LogP contribution in [0.2, 0.25) is 0 Å². The highest BCUT2D eigenvalue weighted by Crippen LogP contribution is 2.24. The number of para-hydroxylation sites is 1. The van der Waals surface area contributed by atoms with Crippen LogP contribution in [0.1, 0.15) is 30.9 Å². The Morgan fingerprint density at radius 3 is 2.31 bits per heavy atom. The molecule has 0 spiro atoms. The standard InChI is InChI=1S/C21H25N3O2/c1-14-6-4-7-15(2)20(14)23-21(26)16(3)22-17-9-11-18(12-10-17)24-13-5-8-19(24)25/h4,6-7,9-12,16,22H,5,8,13H2,1-3H3,(H,23,26)/t16-/m0/s1. The van der Waals surface area contributed by atoms with Crippen molar-refractivity contribution in [1.82, 2.24) is 0 Å². The smallest absolute Gasteiger partial charge is 0.246 e. The van der Waals surface area contributed by atoms with Crippen LogP contribution >= 0.6 is 0 Å². The molecule has 1 fully saturated rings. The lowest BCUT2D eigenvalue weighted by molar-refractivity contribution is -0.117. The summed E-state index contributed by atoms with van der Waals surface area (Å²) in [6, 6.07) is 13.2. The maximum Gasteiger partial charge on any atom is 0.246 e. The minimum Gasteiger partial charge on any atom is -0.374 e. The molecule has 0 saturated carbocycles. The van der Waals surface area contributed by atoms with Gasteiger partial charge in [-0.3, -0.25) is 9.59 Å². The lowest BCUT2D eigenvalue weighted by Gasteiger charge is -2.19. The summed E-state index contributed by atoms with van der Waals surface area (Å²) in [5.74, 6) is 0.0910. The van der Waals surface area contributed by atoms with Gasteiger partial charge in [-0.2, -0.15) is 0 Å². The van der Waals surface area contributed by atoms with Gasteiger partial charge in [-0.15, -0.1) is 0 Å². The summed E-state index contributed by atoms with van der Waals surface area (Å²) < 4.78 is 0. The third-order valence-corrected chi connectivity index (χ3v) is 4.76. The van der Waals surface area contributed by atoms with Crippen LogP contribution in [0.5, 0.6) is 0 Å². The van der Waals surface area contributed by atoms with Crippen LogP contribution in [0.15, 0.2) is 42.5 Å². The average Bonchev–Trinajstić information content (AvgIpc) is 3.05. The fourth-order valence-electron chi connectivity index (χ4n) is 3.22. The Hall–Kier alpha value is -2.82. The number of rotatable bonds is 5. The van der Waals surface area contributed by atoms with E-state index in [-0.39, 0.29) is 17.9 Å². The monoisotopic (exact) mass is 351 g/mol. The fourth-order valence-corrected chi connectivity index (χ4v) is 3.22. The first kappa shape index (κ1) is 18.0. The molecular weight excluding hydrogens is 326 g/mol. The van der Waals surface area contributed by atoms with Gasteiger partial charge in [0.2, 0.25) is 11.8 Å². The highest BCUT2D eigenvalue weighted by Gasteiger charge is 2.21. The zero-order valence-corrected chi connectivity index (χ0v) is 15.5. The molecule has 1 atom stereocenters. The SMILES string of the molecule is Cc1cccc(C)c1NC(=O)[C@H](C)Nc1ccc(N2CCCC2=O)cc1. The third kappa shape index (κ3) is 3.87. The minimum absolute atomic E-state index is 0.0822. The first-order valence-electron chi connectivity index (χ1n) is 9.00. The molecule has 2 aromatic rings. The Morgan fingerprint density at radius 1 is 1.08 bits per heavy atom. The number of aryl methyl sites for hydroxylation is 2. The number of benzene rings is 2. The first-order chi connectivity index (χ1) is 12.5. The molecule has 0 unspecified atom stereocenters. The fraction of sp³-hybridized carbons (Fsp3) is 0.333. The minimum atomic E-state index is -0.381. The Morgan fingerprint density at radius 2 is 1.73 bits per heavy atom. The normalized spacial score (nSPS) is 15.0. The van der Waals surface area contributed by atoms with Crippen LogP contribution in [0.25, 0.3) is 0 Å². The Bertz CT molecular complexity index is 794. The number of nitrogens with one attached hydrogen (secondary N) is 2. The molecular formula is C21H25N3O2. The summed E-state index contributed by atoms with van der Waals surface area (Å²) in [4.78, 5) is 26.1. The molecule has 0 aliphatic carbocycles. The number of carbonyl (C=O) groups excluding carboxylic acids is 2. The second-order valence-corrected chi connectivity index (χ2v) is 6.82. The van der Waals surface area contributed by atoms with Crippen molar-refractivity contribution in [3.8, 4) is 0 Å². The van der Waals surface area contributed by atoms with Gasteiger partial charge in [-0.25, -0.2) is 0 Å². The van der Waals surface area contributed by atoms with Crippen molar-refractivity contribution in [1.29, 1.82) is 0 Å². The van der Waals surface area contributed by atoms with Gasteiger partial charge in [-0.05, 0) is 62.6 Å². The zero-order chi connectivity index (χ0) is 18.7. The molecule has 1 saturated heterocycles. The molecule has 0 bridgehead atoms. The second-order valence-electron chi connectivity index (χ2n) is 6.82. The van der Waals surface area contributed by atoms with E-state index in [1.807, 2.05) is 63.2 Å². The largest absolute Gasteiger partial charge is 0.374 e. The van der Waals surface area contributed by atoms with Crippen LogP contribution in [-0.4, -0.2) is 24.4 Å². The third-order valence-electron chi connectivity index (χ3n) is 4.76. The highest BCUT2D eigenvalue weighted by molar-refractivity contribution is 5.98. The number of amides is 2. The maximum absolute atomic E-state index is 12.5. The summed E-state index contributed by atoms with van der Waals surface area (Å²) in [5, 5.41) is 6.22. The van der Waals surface area contributed by atoms with Gasteiger partial charge in [0.1, 0.15) is 6.04 Å². The van der Waals surface area contributed by atoms with E-state index < -0.39 is 0 Å². The molecule has 26 heavy (non-hydrogen) atoms. The number of hydrogen-bond donors (Lipinski definition) is 2. The predicted octanol–water partition coefficient (Wildman–Crippen LogP) is 3.87. The van der Waals surface area contributed by atoms with E-state index in [0.29, 0.717) is 6.42 Å². The summed E-state index contributed by atoms with van der Waals surface area (Å²) in [7, 11) is 0. The first-order valence-corrected chi connectivity index (χ1v) is 9.00. The van der Waals surface area contributed by atoms with Crippen molar-refractivity contribution in [2.45, 2.75) is 39.7 Å². The molecule has 0 aromatic heterocycles. The van der Waals surface area contributed by atoms with Gasteiger partial charge in [0.15, 0.2) is 0 Å². The summed E-state index contributed by atoms with van der Waals surface area (Å²) in [6.45, 7) is 6.58. The van der Waals surface area contributed by atoms with E-state index >= 15 is 0 Å². The molecule has 1 aliphatic rings. The predicted molar refractivity (Wildman–Crippen MR) is 106 cm³/mol. The molecule has 136 valence electrons.